The molecule has 1 heterocycles. The van der Waals surface area contributed by atoms with Crippen molar-refractivity contribution in [2.24, 2.45) is 5.92 Å². The molecule has 1 saturated heterocycles. The average Bonchev–Trinajstić information content (AvgIpc) is 2.69. The predicted octanol–water partition coefficient (Wildman–Crippen LogP) is 1.07. The van der Waals surface area contributed by atoms with Gasteiger partial charge in [-0.15, -0.1) is 0 Å². The average molecular weight is 219 g/mol. The molecule has 0 bridgehead atoms. The number of rotatable bonds is 4. The van der Waals surface area contributed by atoms with Crippen molar-refractivity contribution in [2.75, 3.05) is 19.7 Å². The van der Waals surface area contributed by atoms with E-state index in [1.165, 1.54) is 5.56 Å². The summed E-state index contributed by atoms with van der Waals surface area (Å²) >= 11 is 0. The Labute approximate surface area is 95.7 Å². The first-order valence-corrected chi connectivity index (χ1v) is 5.72. The summed E-state index contributed by atoms with van der Waals surface area (Å²) in [5, 5.41) is 9.01. The van der Waals surface area contributed by atoms with E-state index in [2.05, 4.69) is 12.1 Å². The zero-order chi connectivity index (χ0) is 11.4. The Morgan fingerprint density at radius 1 is 1.31 bits per heavy atom. The second kappa shape index (κ2) is 5.12. The molecule has 86 valence electrons. The quantitative estimate of drug-likeness (QED) is 0.823. The SMILES string of the molecule is O=C1CC(CO)CN1CCc1ccccc1. The van der Waals surface area contributed by atoms with Gasteiger partial charge in [-0.05, 0) is 12.0 Å². The zero-order valence-corrected chi connectivity index (χ0v) is 9.30. The number of likely N-dealkylation sites (tertiary alicyclic amines) is 1. The maximum Gasteiger partial charge on any atom is 0.223 e. The maximum atomic E-state index is 11.6. The summed E-state index contributed by atoms with van der Waals surface area (Å²) < 4.78 is 0. The smallest absolute Gasteiger partial charge is 0.223 e. The van der Waals surface area contributed by atoms with E-state index in [9.17, 15) is 4.79 Å². The molecule has 0 saturated carbocycles. The van der Waals surface area contributed by atoms with Crippen molar-refractivity contribution in [3.05, 3.63) is 35.9 Å². The van der Waals surface area contributed by atoms with Gasteiger partial charge in [0, 0.05) is 32.0 Å². The van der Waals surface area contributed by atoms with Crippen LogP contribution >= 0.6 is 0 Å². The second-order valence-electron chi connectivity index (χ2n) is 4.33. The largest absolute Gasteiger partial charge is 0.396 e. The highest BCUT2D eigenvalue weighted by Crippen LogP contribution is 2.17. The monoisotopic (exact) mass is 219 g/mol. The molecule has 1 N–H and O–H groups in total. The molecule has 0 spiro atoms. The molecule has 1 aliphatic rings. The van der Waals surface area contributed by atoms with Gasteiger partial charge in [0.05, 0.1) is 0 Å². The van der Waals surface area contributed by atoms with Gasteiger partial charge < -0.3 is 10.0 Å². The minimum Gasteiger partial charge on any atom is -0.396 e. The van der Waals surface area contributed by atoms with Gasteiger partial charge in [0.25, 0.3) is 0 Å². The van der Waals surface area contributed by atoms with Gasteiger partial charge in [-0.2, -0.15) is 0 Å². The lowest BCUT2D eigenvalue weighted by atomic mass is 10.1. The number of hydrogen-bond acceptors (Lipinski definition) is 2. The van der Waals surface area contributed by atoms with Crippen LogP contribution in [0.25, 0.3) is 0 Å². The lowest BCUT2D eigenvalue weighted by Gasteiger charge is -2.16. The zero-order valence-electron chi connectivity index (χ0n) is 9.30. The van der Waals surface area contributed by atoms with E-state index in [0.29, 0.717) is 13.0 Å². The van der Waals surface area contributed by atoms with Crippen LogP contribution in [0.4, 0.5) is 0 Å². The van der Waals surface area contributed by atoms with Crippen molar-refractivity contribution in [3.63, 3.8) is 0 Å². The van der Waals surface area contributed by atoms with Crippen molar-refractivity contribution < 1.29 is 9.90 Å². The van der Waals surface area contributed by atoms with E-state index < -0.39 is 0 Å². The van der Waals surface area contributed by atoms with E-state index >= 15 is 0 Å². The molecule has 0 aliphatic carbocycles. The molecule has 1 atom stereocenters. The molecule has 0 aromatic heterocycles. The highest BCUT2D eigenvalue weighted by Gasteiger charge is 2.28. The molecular formula is C13H17NO2. The second-order valence-corrected chi connectivity index (χ2v) is 4.33. The van der Waals surface area contributed by atoms with Crippen LogP contribution in [-0.2, 0) is 11.2 Å². The number of benzene rings is 1. The van der Waals surface area contributed by atoms with Crippen molar-refractivity contribution >= 4 is 5.91 Å². The normalized spacial score (nSPS) is 20.4. The molecule has 1 aromatic carbocycles. The summed E-state index contributed by atoms with van der Waals surface area (Å²) in [6.45, 7) is 1.59. The highest BCUT2D eigenvalue weighted by atomic mass is 16.3. The molecule has 2 rings (SSSR count). The molecule has 1 aliphatic heterocycles. The van der Waals surface area contributed by atoms with Gasteiger partial charge in [-0.1, -0.05) is 30.3 Å². The fourth-order valence-electron chi connectivity index (χ4n) is 2.10. The van der Waals surface area contributed by atoms with Crippen LogP contribution in [0.15, 0.2) is 30.3 Å². The van der Waals surface area contributed by atoms with E-state index in [1.54, 1.807) is 0 Å². The topological polar surface area (TPSA) is 40.5 Å². The third kappa shape index (κ3) is 2.61. The molecular weight excluding hydrogens is 202 g/mol. The van der Waals surface area contributed by atoms with Crippen molar-refractivity contribution in [1.29, 1.82) is 0 Å². The van der Waals surface area contributed by atoms with Gasteiger partial charge in [0.2, 0.25) is 5.91 Å². The highest BCUT2D eigenvalue weighted by molar-refractivity contribution is 5.78. The van der Waals surface area contributed by atoms with Crippen LogP contribution in [0.5, 0.6) is 0 Å². The Morgan fingerprint density at radius 3 is 2.69 bits per heavy atom. The summed E-state index contributed by atoms with van der Waals surface area (Å²) in [4.78, 5) is 13.4. The Kier molecular flexibility index (Phi) is 3.57. The lowest BCUT2D eigenvalue weighted by molar-refractivity contribution is -0.127. The van der Waals surface area contributed by atoms with Crippen molar-refractivity contribution in [2.45, 2.75) is 12.8 Å². The van der Waals surface area contributed by atoms with Crippen LogP contribution < -0.4 is 0 Å². The first-order chi connectivity index (χ1) is 7.79. The predicted molar refractivity (Wildman–Crippen MR) is 61.9 cm³/mol. The van der Waals surface area contributed by atoms with Crippen LogP contribution in [-0.4, -0.2) is 35.6 Å². The first-order valence-electron chi connectivity index (χ1n) is 5.72. The number of hydrogen-bond donors (Lipinski definition) is 1. The number of aliphatic hydroxyl groups is 1. The van der Waals surface area contributed by atoms with Crippen LogP contribution in [0, 0.1) is 5.92 Å². The van der Waals surface area contributed by atoms with Crippen LogP contribution in [0.2, 0.25) is 0 Å². The van der Waals surface area contributed by atoms with Gasteiger partial charge >= 0.3 is 0 Å². The van der Waals surface area contributed by atoms with E-state index in [0.717, 1.165) is 13.0 Å². The molecule has 3 heteroatoms. The summed E-state index contributed by atoms with van der Waals surface area (Å²) in [5.41, 5.74) is 1.25. The molecule has 1 amide bonds. The van der Waals surface area contributed by atoms with Crippen molar-refractivity contribution in [3.8, 4) is 0 Å². The van der Waals surface area contributed by atoms with Crippen molar-refractivity contribution in [1.82, 2.24) is 4.90 Å². The first kappa shape index (κ1) is 11.1. The fraction of sp³-hybridized carbons (Fsp3) is 0.462. The summed E-state index contributed by atoms with van der Waals surface area (Å²) in [6.07, 6.45) is 1.40. The summed E-state index contributed by atoms with van der Waals surface area (Å²) in [7, 11) is 0. The van der Waals surface area contributed by atoms with Gasteiger partial charge in [0.15, 0.2) is 0 Å². The molecule has 1 aromatic rings. The fourth-order valence-corrected chi connectivity index (χ4v) is 2.10. The Balaban J connectivity index is 1.85. The maximum absolute atomic E-state index is 11.6. The third-order valence-corrected chi connectivity index (χ3v) is 3.07. The minimum atomic E-state index is 0.119. The van der Waals surface area contributed by atoms with Gasteiger partial charge in [-0.25, -0.2) is 0 Å². The van der Waals surface area contributed by atoms with Gasteiger partial charge in [0.1, 0.15) is 0 Å². The number of amides is 1. The third-order valence-electron chi connectivity index (χ3n) is 3.07. The van der Waals surface area contributed by atoms with E-state index in [4.69, 9.17) is 5.11 Å². The molecule has 1 fully saturated rings. The minimum absolute atomic E-state index is 0.119. The van der Waals surface area contributed by atoms with E-state index in [1.807, 2.05) is 23.1 Å². The number of aliphatic hydroxyl groups excluding tert-OH is 1. The summed E-state index contributed by atoms with van der Waals surface area (Å²) in [5.74, 6) is 0.318. The number of carbonyl (C=O) groups excluding carboxylic acids is 1. The number of carbonyl (C=O) groups is 1. The summed E-state index contributed by atoms with van der Waals surface area (Å²) in [6, 6.07) is 10.2. The number of nitrogens with zero attached hydrogens (tertiary/aromatic N) is 1. The lowest BCUT2D eigenvalue weighted by Crippen LogP contribution is -2.27. The standard InChI is InChI=1S/C13H17NO2/c15-10-12-8-13(16)14(9-12)7-6-11-4-2-1-3-5-11/h1-5,12,15H,6-10H2. The Hall–Kier alpha value is -1.35. The molecule has 0 radical (unpaired) electrons. The van der Waals surface area contributed by atoms with E-state index in [-0.39, 0.29) is 18.4 Å². The van der Waals surface area contributed by atoms with Crippen LogP contribution in [0.1, 0.15) is 12.0 Å². The van der Waals surface area contributed by atoms with Crippen LogP contribution in [0.3, 0.4) is 0 Å². The van der Waals surface area contributed by atoms with Gasteiger partial charge in [-0.3, -0.25) is 4.79 Å². The Morgan fingerprint density at radius 2 is 2.06 bits per heavy atom. The Bertz CT molecular complexity index is 350. The molecule has 1 unspecified atom stereocenters. The molecule has 16 heavy (non-hydrogen) atoms. The molecule has 3 nitrogen and oxygen atoms in total.